The molecule has 2 aromatic rings. The van der Waals surface area contributed by atoms with Gasteiger partial charge in [-0.25, -0.2) is 0 Å². The van der Waals surface area contributed by atoms with Gasteiger partial charge in [0.25, 0.3) is 5.91 Å². The second-order valence-electron chi connectivity index (χ2n) is 5.82. The Bertz CT molecular complexity index is 785. The lowest BCUT2D eigenvalue weighted by Gasteiger charge is -2.17. The summed E-state index contributed by atoms with van der Waals surface area (Å²) in [6.07, 6.45) is 0.331. The van der Waals surface area contributed by atoms with E-state index in [-0.39, 0.29) is 5.91 Å². The first kappa shape index (κ1) is 18.2. The second-order valence-corrected chi connectivity index (χ2v) is 5.82. The molecular formula is C19H21N3O3. The van der Waals surface area contributed by atoms with E-state index in [0.717, 1.165) is 11.1 Å². The lowest BCUT2D eigenvalue weighted by atomic mass is 10.0. The molecule has 0 unspecified atom stereocenters. The summed E-state index contributed by atoms with van der Waals surface area (Å²) in [5.41, 5.74) is 8.39. The normalized spacial score (nSPS) is 11.4. The first-order chi connectivity index (χ1) is 11.9. The van der Waals surface area contributed by atoms with Crippen molar-refractivity contribution in [3.05, 3.63) is 65.2 Å². The van der Waals surface area contributed by atoms with E-state index in [1.165, 1.54) is 6.92 Å². The number of aryl methyl sites for hydroxylation is 1. The predicted molar refractivity (Wildman–Crippen MR) is 96.1 cm³/mol. The molecule has 2 rings (SSSR count). The molecule has 0 aliphatic carbocycles. The Kier molecular flexibility index (Phi) is 5.89. The van der Waals surface area contributed by atoms with Crippen molar-refractivity contribution in [2.24, 2.45) is 5.73 Å². The zero-order valence-electron chi connectivity index (χ0n) is 14.2. The highest BCUT2D eigenvalue weighted by molar-refractivity contribution is 5.98. The molecule has 0 aliphatic rings. The van der Waals surface area contributed by atoms with Crippen molar-refractivity contribution >= 4 is 23.4 Å². The number of hydrogen-bond acceptors (Lipinski definition) is 3. The van der Waals surface area contributed by atoms with Gasteiger partial charge >= 0.3 is 0 Å². The number of primary amides is 1. The first-order valence-electron chi connectivity index (χ1n) is 7.89. The molecule has 1 atom stereocenters. The van der Waals surface area contributed by atoms with Crippen LogP contribution in [0.4, 0.5) is 5.69 Å². The molecule has 2 aromatic carbocycles. The van der Waals surface area contributed by atoms with E-state index in [2.05, 4.69) is 10.6 Å². The summed E-state index contributed by atoms with van der Waals surface area (Å²) in [6, 6.07) is 13.2. The predicted octanol–water partition coefficient (Wildman–Crippen LogP) is 1.78. The number of nitrogens with two attached hydrogens (primary N) is 1. The Morgan fingerprint density at radius 3 is 2.24 bits per heavy atom. The molecule has 6 nitrogen and oxygen atoms in total. The lowest BCUT2D eigenvalue weighted by molar-refractivity contribution is -0.119. The Hall–Kier alpha value is -3.15. The van der Waals surface area contributed by atoms with E-state index in [0.29, 0.717) is 17.7 Å². The van der Waals surface area contributed by atoms with Gasteiger partial charge in [0.15, 0.2) is 0 Å². The van der Waals surface area contributed by atoms with Crippen LogP contribution in [-0.4, -0.2) is 23.8 Å². The highest BCUT2D eigenvalue weighted by Gasteiger charge is 2.20. The third kappa shape index (κ3) is 5.17. The average Bonchev–Trinajstić information content (AvgIpc) is 2.56. The van der Waals surface area contributed by atoms with Gasteiger partial charge in [0.1, 0.15) is 6.04 Å². The van der Waals surface area contributed by atoms with Crippen molar-refractivity contribution in [3.8, 4) is 0 Å². The van der Waals surface area contributed by atoms with Crippen LogP contribution in [0.1, 0.15) is 28.4 Å². The number of carbonyl (C=O) groups excluding carboxylic acids is 3. The van der Waals surface area contributed by atoms with Gasteiger partial charge in [0, 0.05) is 24.6 Å². The van der Waals surface area contributed by atoms with Gasteiger partial charge in [0.05, 0.1) is 0 Å². The Labute approximate surface area is 146 Å². The van der Waals surface area contributed by atoms with Crippen molar-refractivity contribution < 1.29 is 14.4 Å². The molecular weight excluding hydrogens is 318 g/mol. The first-order valence-corrected chi connectivity index (χ1v) is 7.89. The summed E-state index contributed by atoms with van der Waals surface area (Å²) >= 11 is 0. The number of anilines is 1. The van der Waals surface area contributed by atoms with Gasteiger partial charge in [-0.3, -0.25) is 14.4 Å². The topological polar surface area (TPSA) is 101 Å². The van der Waals surface area contributed by atoms with Crippen LogP contribution in [0.2, 0.25) is 0 Å². The monoisotopic (exact) mass is 339 g/mol. The van der Waals surface area contributed by atoms with Crippen molar-refractivity contribution in [1.29, 1.82) is 0 Å². The average molecular weight is 339 g/mol. The standard InChI is InChI=1S/C19H21N3O3/c1-12-5-3-4-6-15(12)11-17(18(20)24)22-19(25)14-7-9-16(10-8-14)21-13(2)23/h3-10,17H,11H2,1-2H3,(H2,20,24)(H,21,23)(H,22,25)/t17-/m0/s1. The molecule has 3 amide bonds. The van der Waals surface area contributed by atoms with Gasteiger partial charge in [-0.05, 0) is 42.3 Å². The molecule has 0 heterocycles. The highest BCUT2D eigenvalue weighted by Crippen LogP contribution is 2.12. The van der Waals surface area contributed by atoms with E-state index in [4.69, 9.17) is 5.73 Å². The Morgan fingerprint density at radius 2 is 1.68 bits per heavy atom. The zero-order chi connectivity index (χ0) is 18.4. The summed E-state index contributed by atoms with van der Waals surface area (Å²) in [7, 11) is 0. The summed E-state index contributed by atoms with van der Waals surface area (Å²) < 4.78 is 0. The summed E-state index contributed by atoms with van der Waals surface area (Å²) in [5.74, 6) is -1.18. The van der Waals surface area contributed by atoms with E-state index < -0.39 is 17.9 Å². The fraction of sp³-hybridized carbons (Fsp3) is 0.211. The third-order valence-electron chi connectivity index (χ3n) is 3.80. The molecule has 0 saturated carbocycles. The van der Waals surface area contributed by atoms with E-state index in [1.807, 2.05) is 31.2 Å². The fourth-order valence-electron chi connectivity index (χ4n) is 2.43. The molecule has 0 saturated heterocycles. The molecule has 130 valence electrons. The minimum absolute atomic E-state index is 0.191. The van der Waals surface area contributed by atoms with E-state index >= 15 is 0 Å². The van der Waals surface area contributed by atoms with Crippen molar-refractivity contribution in [2.45, 2.75) is 26.3 Å². The second kappa shape index (κ2) is 8.10. The van der Waals surface area contributed by atoms with Crippen LogP contribution in [0.25, 0.3) is 0 Å². The number of benzene rings is 2. The van der Waals surface area contributed by atoms with Crippen molar-refractivity contribution in [3.63, 3.8) is 0 Å². The Morgan fingerprint density at radius 1 is 1.04 bits per heavy atom. The fourth-order valence-corrected chi connectivity index (χ4v) is 2.43. The van der Waals surface area contributed by atoms with E-state index in [9.17, 15) is 14.4 Å². The van der Waals surface area contributed by atoms with Crippen LogP contribution >= 0.6 is 0 Å². The van der Waals surface area contributed by atoms with Crippen LogP contribution < -0.4 is 16.4 Å². The number of amides is 3. The summed E-state index contributed by atoms with van der Waals surface area (Å²) in [5, 5.41) is 5.29. The summed E-state index contributed by atoms with van der Waals surface area (Å²) in [4.78, 5) is 35.1. The highest BCUT2D eigenvalue weighted by atomic mass is 16.2. The molecule has 0 fully saturated rings. The Balaban J connectivity index is 2.08. The minimum atomic E-state index is -0.802. The van der Waals surface area contributed by atoms with Gasteiger partial charge in [-0.1, -0.05) is 24.3 Å². The largest absolute Gasteiger partial charge is 0.368 e. The van der Waals surface area contributed by atoms with Gasteiger partial charge < -0.3 is 16.4 Å². The molecule has 0 radical (unpaired) electrons. The van der Waals surface area contributed by atoms with Gasteiger partial charge in [-0.15, -0.1) is 0 Å². The van der Waals surface area contributed by atoms with Gasteiger partial charge in [-0.2, -0.15) is 0 Å². The quantitative estimate of drug-likeness (QED) is 0.747. The minimum Gasteiger partial charge on any atom is -0.368 e. The van der Waals surface area contributed by atoms with Crippen LogP contribution in [0.15, 0.2) is 48.5 Å². The molecule has 25 heavy (non-hydrogen) atoms. The van der Waals surface area contributed by atoms with Gasteiger partial charge in [0.2, 0.25) is 11.8 Å². The molecule has 4 N–H and O–H groups in total. The van der Waals surface area contributed by atoms with Crippen LogP contribution in [0.5, 0.6) is 0 Å². The zero-order valence-corrected chi connectivity index (χ0v) is 14.2. The number of rotatable bonds is 6. The van der Waals surface area contributed by atoms with Crippen molar-refractivity contribution in [2.75, 3.05) is 5.32 Å². The summed E-state index contributed by atoms with van der Waals surface area (Å²) in [6.45, 7) is 3.35. The van der Waals surface area contributed by atoms with Crippen LogP contribution in [0, 0.1) is 6.92 Å². The van der Waals surface area contributed by atoms with E-state index in [1.54, 1.807) is 24.3 Å². The molecule has 0 bridgehead atoms. The molecule has 0 aliphatic heterocycles. The molecule has 0 aromatic heterocycles. The maximum atomic E-state index is 12.4. The maximum Gasteiger partial charge on any atom is 0.251 e. The van der Waals surface area contributed by atoms with Crippen LogP contribution in [0.3, 0.4) is 0 Å². The number of nitrogens with one attached hydrogen (secondary N) is 2. The van der Waals surface area contributed by atoms with Crippen LogP contribution in [-0.2, 0) is 16.0 Å². The third-order valence-corrected chi connectivity index (χ3v) is 3.80. The molecule has 0 spiro atoms. The van der Waals surface area contributed by atoms with Crippen molar-refractivity contribution in [1.82, 2.24) is 5.32 Å². The smallest absolute Gasteiger partial charge is 0.251 e. The molecule has 6 heteroatoms. The number of hydrogen-bond donors (Lipinski definition) is 3. The lowest BCUT2D eigenvalue weighted by Crippen LogP contribution is -2.46. The number of carbonyl (C=O) groups is 3. The SMILES string of the molecule is CC(=O)Nc1ccc(C(=O)N[C@@H](Cc2ccccc2C)C(N)=O)cc1. The maximum absolute atomic E-state index is 12.4.